The number of Topliss-reactive ketones (excluding diaryl/α,β-unsaturated/α-hetero) is 2. The molecule has 1 aromatic rings. The van der Waals surface area contributed by atoms with Crippen LogP contribution in [0.1, 0.15) is 30.6 Å². The Bertz CT molecular complexity index is 464. The molecule has 1 aromatic carbocycles. The van der Waals surface area contributed by atoms with Crippen molar-refractivity contribution in [2.75, 3.05) is 7.11 Å². The van der Waals surface area contributed by atoms with Gasteiger partial charge in [0.25, 0.3) is 0 Å². The Kier molecular flexibility index (Phi) is 4.37. The number of esters is 1. The van der Waals surface area contributed by atoms with Crippen LogP contribution in [-0.4, -0.2) is 24.6 Å². The summed E-state index contributed by atoms with van der Waals surface area (Å²) in [6, 6.07) is 8.42. The molecule has 18 heavy (non-hydrogen) atoms. The summed E-state index contributed by atoms with van der Waals surface area (Å²) < 4.78 is 4.65. The van der Waals surface area contributed by atoms with Crippen LogP contribution in [0.2, 0.25) is 0 Å². The number of ether oxygens (including phenoxy) is 1. The van der Waals surface area contributed by atoms with Gasteiger partial charge in [0.1, 0.15) is 11.2 Å². The van der Waals surface area contributed by atoms with E-state index in [-0.39, 0.29) is 12.2 Å². The van der Waals surface area contributed by atoms with E-state index in [9.17, 15) is 14.4 Å². The molecule has 0 saturated carbocycles. The lowest BCUT2D eigenvalue weighted by Gasteiger charge is -2.23. The standard InChI is InChI=1S/C14H16O4/c1-10(15)9-14(2,13(17)18-3)12(16)11-7-5-4-6-8-11/h4-8H,9H2,1-3H3. The van der Waals surface area contributed by atoms with E-state index in [0.29, 0.717) is 5.56 Å². The van der Waals surface area contributed by atoms with Gasteiger partial charge in [0, 0.05) is 12.0 Å². The first-order valence-electron chi connectivity index (χ1n) is 5.59. The van der Waals surface area contributed by atoms with Gasteiger partial charge < -0.3 is 4.74 Å². The molecule has 1 unspecified atom stereocenters. The Labute approximate surface area is 106 Å². The first kappa shape index (κ1) is 14.1. The molecule has 0 aliphatic heterocycles. The summed E-state index contributed by atoms with van der Waals surface area (Å²) >= 11 is 0. The Hall–Kier alpha value is -1.97. The van der Waals surface area contributed by atoms with E-state index in [0.717, 1.165) is 0 Å². The molecule has 0 spiro atoms. The highest BCUT2D eigenvalue weighted by atomic mass is 16.5. The molecule has 4 heteroatoms. The van der Waals surface area contributed by atoms with Crippen LogP contribution in [0.25, 0.3) is 0 Å². The van der Waals surface area contributed by atoms with E-state index in [4.69, 9.17) is 0 Å². The lowest BCUT2D eigenvalue weighted by molar-refractivity contribution is -0.150. The summed E-state index contributed by atoms with van der Waals surface area (Å²) in [4.78, 5) is 35.4. The van der Waals surface area contributed by atoms with Gasteiger partial charge >= 0.3 is 5.97 Å². The van der Waals surface area contributed by atoms with Crippen molar-refractivity contribution in [1.82, 2.24) is 0 Å². The second-order valence-corrected chi connectivity index (χ2v) is 4.40. The number of hydrogen-bond donors (Lipinski definition) is 0. The van der Waals surface area contributed by atoms with Crippen LogP contribution in [0.5, 0.6) is 0 Å². The molecule has 4 nitrogen and oxygen atoms in total. The monoisotopic (exact) mass is 248 g/mol. The molecule has 0 saturated heterocycles. The number of benzene rings is 1. The minimum Gasteiger partial charge on any atom is -0.468 e. The Morgan fingerprint density at radius 2 is 1.72 bits per heavy atom. The van der Waals surface area contributed by atoms with E-state index in [1.54, 1.807) is 30.3 Å². The van der Waals surface area contributed by atoms with Crippen molar-refractivity contribution in [3.8, 4) is 0 Å². The summed E-state index contributed by atoms with van der Waals surface area (Å²) in [5, 5.41) is 0. The minimum absolute atomic E-state index is 0.159. The van der Waals surface area contributed by atoms with Gasteiger partial charge in [-0.1, -0.05) is 30.3 Å². The van der Waals surface area contributed by atoms with Crippen molar-refractivity contribution in [2.45, 2.75) is 20.3 Å². The molecule has 0 amide bonds. The highest BCUT2D eigenvalue weighted by molar-refractivity contribution is 6.14. The lowest BCUT2D eigenvalue weighted by Crippen LogP contribution is -2.39. The SMILES string of the molecule is COC(=O)C(C)(CC(C)=O)C(=O)c1ccccc1. The number of ketones is 2. The fraction of sp³-hybridized carbons (Fsp3) is 0.357. The van der Waals surface area contributed by atoms with E-state index in [1.165, 1.54) is 21.0 Å². The number of hydrogen-bond acceptors (Lipinski definition) is 4. The van der Waals surface area contributed by atoms with E-state index >= 15 is 0 Å². The van der Waals surface area contributed by atoms with Crippen LogP contribution >= 0.6 is 0 Å². The topological polar surface area (TPSA) is 60.4 Å². The molecule has 0 aliphatic rings. The van der Waals surface area contributed by atoms with Gasteiger partial charge in [-0.25, -0.2) is 0 Å². The molecule has 1 atom stereocenters. The molecule has 0 radical (unpaired) electrons. The fourth-order valence-corrected chi connectivity index (χ4v) is 1.88. The van der Waals surface area contributed by atoms with Crippen molar-refractivity contribution < 1.29 is 19.1 Å². The summed E-state index contributed by atoms with van der Waals surface area (Å²) in [5.41, 5.74) is -1.06. The number of rotatable bonds is 5. The highest BCUT2D eigenvalue weighted by Gasteiger charge is 2.43. The van der Waals surface area contributed by atoms with Crippen molar-refractivity contribution in [2.24, 2.45) is 5.41 Å². The zero-order valence-corrected chi connectivity index (χ0v) is 10.7. The molecule has 96 valence electrons. The third-order valence-electron chi connectivity index (χ3n) is 2.78. The molecule has 0 aromatic heterocycles. The van der Waals surface area contributed by atoms with Crippen LogP contribution in [0.4, 0.5) is 0 Å². The summed E-state index contributed by atoms with van der Waals surface area (Å²) in [6.45, 7) is 2.79. The van der Waals surface area contributed by atoms with Crippen molar-refractivity contribution >= 4 is 17.5 Å². The lowest BCUT2D eigenvalue weighted by atomic mass is 9.78. The van der Waals surface area contributed by atoms with Gasteiger partial charge in [0.15, 0.2) is 5.78 Å². The zero-order valence-electron chi connectivity index (χ0n) is 10.7. The highest BCUT2D eigenvalue weighted by Crippen LogP contribution is 2.28. The fourth-order valence-electron chi connectivity index (χ4n) is 1.88. The number of methoxy groups -OCH3 is 1. The summed E-state index contributed by atoms with van der Waals surface area (Å²) in [6.07, 6.45) is -0.159. The third-order valence-corrected chi connectivity index (χ3v) is 2.78. The second-order valence-electron chi connectivity index (χ2n) is 4.40. The molecular formula is C14H16O4. The quantitative estimate of drug-likeness (QED) is 0.454. The van der Waals surface area contributed by atoms with Crippen LogP contribution < -0.4 is 0 Å². The molecule has 0 bridgehead atoms. The molecule has 0 N–H and O–H groups in total. The van der Waals surface area contributed by atoms with Crippen molar-refractivity contribution in [3.63, 3.8) is 0 Å². The molecule has 0 fully saturated rings. The van der Waals surface area contributed by atoms with Crippen molar-refractivity contribution in [3.05, 3.63) is 35.9 Å². The first-order chi connectivity index (χ1) is 8.41. The van der Waals surface area contributed by atoms with Crippen LogP contribution in [0.15, 0.2) is 30.3 Å². The Balaban J connectivity index is 3.15. The first-order valence-corrected chi connectivity index (χ1v) is 5.59. The average Bonchev–Trinajstić information content (AvgIpc) is 2.36. The van der Waals surface area contributed by atoms with Gasteiger partial charge in [0.2, 0.25) is 0 Å². The van der Waals surface area contributed by atoms with Crippen LogP contribution in [0.3, 0.4) is 0 Å². The maximum absolute atomic E-state index is 12.3. The number of carbonyl (C=O) groups excluding carboxylic acids is 3. The van der Waals surface area contributed by atoms with Gasteiger partial charge in [-0.2, -0.15) is 0 Å². The normalized spacial score (nSPS) is 13.5. The molecule has 0 aliphatic carbocycles. The summed E-state index contributed by atoms with van der Waals surface area (Å²) in [5.74, 6) is -1.32. The van der Waals surface area contributed by atoms with Gasteiger partial charge in [0.05, 0.1) is 7.11 Å². The Morgan fingerprint density at radius 3 is 2.17 bits per heavy atom. The maximum atomic E-state index is 12.3. The van der Waals surface area contributed by atoms with E-state index < -0.39 is 17.2 Å². The Morgan fingerprint density at radius 1 is 1.17 bits per heavy atom. The van der Waals surface area contributed by atoms with Crippen LogP contribution in [-0.2, 0) is 14.3 Å². The second kappa shape index (κ2) is 5.58. The number of carbonyl (C=O) groups is 3. The van der Waals surface area contributed by atoms with Gasteiger partial charge in [-0.3, -0.25) is 14.4 Å². The molecular weight excluding hydrogens is 232 g/mol. The zero-order chi connectivity index (χ0) is 13.8. The third kappa shape index (κ3) is 2.83. The van der Waals surface area contributed by atoms with E-state index in [2.05, 4.69) is 4.74 Å². The minimum atomic E-state index is -1.46. The molecule has 0 heterocycles. The van der Waals surface area contributed by atoms with Crippen LogP contribution in [0, 0.1) is 5.41 Å². The smallest absolute Gasteiger partial charge is 0.319 e. The van der Waals surface area contributed by atoms with E-state index in [1.807, 2.05) is 0 Å². The van der Waals surface area contributed by atoms with Gasteiger partial charge in [-0.15, -0.1) is 0 Å². The predicted molar refractivity (Wildman–Crippen MR) is 66.2 cm³/mol. The maximum Gasteiger partial charge on any atom is 0.319 e. The molecule has 1 rings (SSSR count). The van der Waals surface area contributed by atoms with Crippen molar-refractivity contribution in [1.29, 1.82) is 0 Å². The van der Waals surface area contributed by atoms with Gasteiger partial charge in [-0.05, 0) is 13.8 Å². The predicted octanol–water partition coefficient (Wildman–Crippen LogP) is 2.03. The largest absolute Gasteiger partial charge is 0.468 e. The average molecular weight is 248 g/mol. The summed E-state index contributed by atoms with van der Waals surface area (Å²) in [7, 11) is 1.21.